The zero-order chi connectivity index (χ0) is 23.5. The third kappa shape index (κ3) is 6.43. The molecule has 0 bridgehead atoms. The van der Waals surface area contributed by atoms with Crippen molar-refractivity contribution in [3.8, 4) is 5.75 Å². The minimum Gasteiger partial charge on any atom is -0.460 e. The van der Waals surface area contributed by atoms with Gasteiger partial charge in [0.2, 0.25) is 5.91 Å². The van der Waals surface area contributed by atoms with Gasteiger partial charge in [0.25, 0.3) is 5.91 Å². The third-order valence-electron chi connectivity index (χ3n) is 5.04. The second-order valence-electron chi connectivity index (χ2n) is 9.32. The van der Waals surface area contributed by atoms with Gasteiger partial charge in [-0.1, -0.05) is 26.0 Å². The number of carbonyl (C=O) groups is 2. The Morgan fingerprint density at radius 2 is 1.94 bits per heavy atom. The van der Waals surface area contributed by atoms with Gasteiger partial charge < -0.3 is 20.1 Å². The van der Waals surface area contributed by atoms with Gasteiger partial charge in [-0.25, -0.2) is 0 Å². The number of aromatic nitrogens is 2. The zero-order valence-electron chi connectivity index (χ0n) is 19.3. The van der Waals surface area contributed by atoms with Gasteiger partial charge >= 0.3 is 0 Å². The fourth-order valence-electron chi connectivity index (χ4n) is 3.68. The van der Waals surface area contributed by atoms with Crippen LogP contribution >= 0.6 is 0 Å². The SMILES string of the molecule is CC(C)C[C@@H](C(=O)Nc1ccn(C)n1)N1CC(Oc2ccc(CC(C)(C)O)cc2)=CC1=O. The van der Waals surface area contributed by atoms with Crippen LogP contribution in [0.1, 0.15) is 39.7 Å². The molecular weight excluding hydrogens is 408 g/mol. The molecule has 0 saturated heterocycles. The van der Waals surface area contributed by atoms with Crippen molar-refractivity contribution >= 4 is 17.6 Å². The van der Waals surface area contributed by atoms with Gasteiger partial charge in [-0.15, -0.1) is 0 Å². The second-order valence-corrected chi connectivity index (χ2v) is 9.32. The highest BCUT2D eigenvalue weighted by Crippen LogP contribution is 2.24. The number of nitrogens with one attached hydrogen (secondary N) is 1. The van der Waals surface area contributed by atoms with Crippen LogP contribution in [0.15, 0.2) is 48.4 Å². The van der Waals surface area contributed by atoms with Crippen LogP contribution in [0.5, 0.6) is 5.75 Å². The maximum Gasteiger partial charge on any atom is 0.251 e. The molecule has 1 aromatic carbocycles. The Morgan fingerprint density at radius 1 is 1.25 bits per heavy atom. The summed E-state index contributed by atoms with van der Waals surface area (Å²) in [5, 5.41) is 17.0. The molecule has 32 heavy (non-hydrogen) atoms. The lowest BCUT2D eigenvalue weighted by atomic mass is 9.99. The number of anilines is 1. The van der Waals surface area contributed by atoms with Gasteiger partial charge in [-0.05, 0) is 43.9 Å². The highest BCUT2D eigenvalue weighted by atomic mass is 16.5. The van der Waals surface area contributed by atoms with E-state index in [9.17, 15) is 14.7 Å². The van der Waals surface area contributed by atoms with Gasteiger partial charge in [0, 0.05) is 31.8 Å². The average Bonchev–Trinajstić information content (AvgIpc) is 3.25. The summed E-state index contributed by atoms with van der Waals surface area (Å²) >= 11 is 0. The maximum atomic E-state index is 13.0. The normalized spacial score (nSPS) is 15.2. The number of benzene rings is 1. The molecule has 2 heterocycles. The van der Waals surface area contributed by atoms with Crippen molar-refractivity contribution in [2.24, 2.45) is 13.0 Å². The van der Waals surface area contributed by atoms with E-state index in [0.29, 0.717) is 30.2 Å². The number of aryl methyl sites for hydroxylation is 1. The predicted octanol–water partition coefficient (Wildman–Crippen LogP) is 2.89. The highest BCUT2D eigenvalue weighted by molar-refractivity contribution is 5.99. The Bertz CT molecular complexity index is 986. The van der Waals surface area contributed by atoms with Gasteiger partial charge in [0.05, 0.1) is 12.1 Å². The van der Waals surface area contributed by atoms with Crippen molar-refractivity contribution in [3.05, 3.63) is 53.9 Å². The van der Waals surface area contributed by atoms with Crippen LogP contribution in [-0.4, -0.2) is 49.8 Å². The molecule has 0 radical (unpaired) electrons. The number of hydrogen-bond donors (Lipinski definition) is 2. The van der Waals surface area contributed by atoms with E-state index in [1.807, 2.05) is 38.1 Å². The molecule has 0 fully saturated rings. The molecule has 1 aromatic heterocycles. The van der Waals surface area contributed by atoms with Gasteiger partial charge in [0.15, 0.2) is 5.82 Å². The standard InChI is InChI=1S/C24H32N4O4/c1-16(2)12-20(23(30)25-21-10-11-27(5)26-21)28-15-19(13-22(28)29)32-18-8-6-17(7-9-18)14-24(3,4)31/h6-11,13,16,20,31H,12,14-15H2,1-5H3,(H,25,26,30)/t20-/m0/s1. The first-order valence-electron chi connectivity index (χ1n) is 10.8. The summed E-state index contributed by atoms with van der Waals surface area (Å²) < 4.78 is 7.51. The Balaban J connectivity index is 1.66. The van der Waals surface area contributed by atoms with E-state index < -0.39 is 11.6 Å². The van der Waals surface area contributed by atoms with Crippen molar-refractivity contribution in [2.75, 3.05) is 11.9 Å². The van der Waals surface area contributed by atoms with E-state index in [-0.39, 0.29) is 24.3 Å². The van der Waals surface area contributed by atoms with E-state index in [4.69, 9.17) is 4.74 Å². The van der Waals surface area contributed by atoms with Crippen molar-refractivity contribution in [2.45, 2.75) is 52.2 Å². The Kier molecular flexibility index (Phi) is 7.03. The van der Waals surface area contributed by atoms with E-state index in [2.05, 4.69) is 10.4 Å². The lowest BCUT2D eigenvalue weighted by molar-refractivity contribution is -0.133. The first kappa shape index (κ1) is 23.5. The summed E-state index contributed by atoms with van der Waals surface area (Å²) in [5.74, 6) is 1.24. The predicted molar refractivity (Wildman–Crippen MR) is 122 cm³/mol. The van der Waals surface area contributed by atoms with Crippen molar-refractivity contribution < 1.29 is 19.4 Å². The van der Waals surface area contributed by atoms with E-state index in [1.165, 1.54) is 11.0 Å². The Morgan fingerprint density at radius 3 is 2.50 bits per heavy atom. The van der Waals surface area contributed by atoms with Crippen molar-refractivity contribution in [1.29, 1.82) is 0 Å². The smallest absolute Gasteiger partial charge is 0.251 e. The first-order valence-corrected chi connectivity index (χ1v) is 10.8. The van der Waals surface area contributed by atoms with Crippen LogP contribution in [0.4, 0.5) is 5.82 Å². The molecule has 0 saturated carbocycles. The van der Waals surface area contributed by atoms with Gasteiger partial charge in [-0.2, -0.15) is 5.10 Å². The molecular formula is C24H32N4O4. The largest absolute Gasteiger partial charge is 0.460 e. The summed E-state index contributed by atoms with van der Waals surface area (Å²) in [5.41, 5.74) is 0.205. The Hall–Kier alpha value is -3.13. The molecule has 2 amide bonds. The number of rotatable bonds is 9. The fraction of sp³-hybridized carbons (Fsp3) is 0.458. The number of hydrogen-bond acceptors (Lipinski definition) is 5. The maximum absolute atomic E-state index is 13.0. The molecule has 2 N–H and O–H groups in total. The third-order valence-corrected chi connectivity index (χ3v) is 5.04. The van der Waals surface area contributed by atoms with Gasteiger partial charge in [0.1, 0.15) is 17.6 Å². The number of amides is 2. The van der Waals surface area contributed by atoms with Crippen molar-refractivity contribution in [1.82, 2.24) is 14.7 Å². The minimum absolute atomic E-state index is 0.218. The van der Waals surface area contributed by atoms with Gasteiger partial charge in [-0.3, -0.25) is 14.3 Å². The number of nitrogens with zero attached hydrogens (tertiary/aromatic N) is 3. The Labute approximate surface area is 188 Å². The highest BCUT2D eigenvalue weighted by Gasteiger charge is 2.35. The summed E-state index contributed by atoms with van der Waals surface area (Å²) in [6.07, 6.45) is 4.24. The first-order chi connectivity index (χ1) is 15.0. The summed E-state index contributed by atoms with van der Waals surface area (Å²) in [4.78, 5) is 27.2. The molecule has 1 atom stereocenters. The molecule has 3 rings (SSSR count). The van der Waals surface area contributed by atoms with Crippen LogP contribution in [0.25, 0.3) is 0 Å². The van der Waals surface area contributed by atoms with Crippen LogP contribution in [0.2, 0.25) is 0 Å². The molecule has 0 aliphatic carbocycles. The number of aliphatic hydroxyl groups is 1. The topological polar surface area (TPSA) is 96.7 Å². The second kappa shape index (κ2) is 9.56. The fourth-order valence-corrected chi connectivity index (χ4v) is 3.68. The summed E-state index contributed by atoms with van der Waals surface area (Å²) in [6, 6.07) is 8.50. The number of carbonyl (C=O) groups excluding carboxylic acids is 2. The van der Waals surface area contributed by atoms with E-state index in [0.717, 1.165) is 5.56 Å². The lowest BCUT2D eigenvalue weighted by Gasteiger charge is -2.28. The monoisotopic (exact) mass is 440 g/mol. The minimum atomic E-state index is -0.787. The molecule has 8 nitrogen and oxygen atoms in total. The molecule has 2 aromatic rings. The molecule has 1 aliphatic rings. The van der Waals surface area contributed by atoms with Crippen LogP contribution in [0.3, 0.4) is 0 Å². The lowest BCUT2D eigenvalue weighted by Crippen LogP contribution is -2.46. The van der Waals surface area contributed by atoms with E-state index >= 15 is 0 Å². The van der Waals surface area contributed by atoms with Crippen LogP contribution in [0, 0.1) is 5.92 Å². The molecule has 0 spiro atoms. The molecule has 0 unspecified atom stereocenters. The molecule has 8 heteroatoms. The summed E-state index contributed by atoms with van der Waals surface area (Å²) in [6.45, 7) is 7.78. The van der Waals surface area contributed by atoms with Crippen molar-refractivity contribution in [3.63, 3.8) is 0 Å². The van der Waals surface area contributed by atoms with E-state index in [1.54, 1.807) is 37.8 Å². The average molecular weight is 441 g/mol. The van der Waals surface area contributed by atoms with Crippen LogP contribution < -0.4 is 10.1 Å². The quantitative estimate of drug-likeness (QED) is 0.625. The molecule has 1 aliphatic heterocycles. The molecule has 172 valence electrons. The van der Waals surface area contributed by atoms with Crippen LogP contribution in [-0.2, 0) is 23.1 Å². The number of ether oxygens (including phenoxy) is 1. The zero-order valence-corrected chi connectivity index (χ0v) is 19.3. The summed E-state index contributed by atoms with van der Waals surface area (Å²) in [7, 11) is 1.77.